The number of hydrogen-bond acceptors (Lipinski definition) is 7. The highest BCUT2D eigenvalue weighted by molar-refractivity contribution is 5.62. The lowest BCUT2D eigenvalue weighted by molar-refractivity contribution is -0.385. The van der Waals surface area contributed by atoms with Gasteiger partial charge >= 0.3 is 5.69 Å². The Labute approximate surface area is 118 Å². The molecular weight excluding hydrogens is 260 g/mol. The van der Waals surface area contributed by atoms with Crippen LogP contribution >= 0.6 is 0 Å². The number of nitrogens with two attached hydrogens (primary N) is 1. The molecule has 0 saturated carbocycles. The first kappa shape index (κ1) is 16.1. The van der Waals surface area contributed by atoms with Gasteiger partial charge in [-0.2, -0.15) is 4.98 Å². The van der Waals surface area contributed by atoms with Crippen molar-refractivity contribution in [3.05, 3.63) is 15.8 Å². The van der Waals surface area contributed by atoms with E-state index in [9.17, 15) is 10.1 Å². The number of rotatable bonds is 6. The molecule has 0 amide bonds. The zero-order valence-electron chi connectivity index (χ0n) is 12.5. The summed E-state index contributed by atoms with van der Waals surface area (Å²) in [4.78, 5) is 20.7. The van der Waals surface area contributed by atoms with Crippen molar-refractivity contribution in [2.75, 3.05) is 17.4 Å². The minimum atomic E-state index is -0.455. The quantitative estimate of drug-likeness (QED) is 0.465. The number of aryl methyl sites for hydroxylation is 1. The van der Waals surface area contributed by atoms with Crippen LogP contribution in [0.1, 0.15) is 32.9 Å². The maximum absolute atomic E-state index is 11.2. The van der Waals surface area contributed by atoms with Crippen LogP contribution in [0.4, 0.5) is 17.5 Å². The van der Waals surface area contributed by atoms with Crippen molar-refractivity contribution in [2.45, 2.75) is 40.2 Å². The van der Waals surface area contributed by atoms with E-state index in [1.165, 1.54) is 0 Å². The van der Waals surface area contributed by atoms with Gasteiger partial charge in [0.25, 0.3) is 0 Å². The molecule has 1 heterocycles. The maximum atomic E-state index is 11.2. The van der Waals surface area contributed by atoms with Crippen molar-refractivity contribution in [2.24, 2.45) is 11.8 Å². The molecule has 0 aliphatic heterocycles. The molecule has 0 bridgehead atoms. The number of nitro groups is 1. The van der Waals surface area contributed by atoms with Crippen molar-refractivity contribution >= 4 is 17.5 Å². The second-order valence-electron chi connectivity index (χ2n) is 5.30. The third-order valence-corrected chi connectivity index (χ3v) is 3.16. The van der Waals surface area contributed by atoms with Crippen LogP contribution in [0, 0.1) is 23.0 Å². The Bertz CT molecular complexity index is 491. The summed E-state index contributed by atoms with van der Waals surface area (Å²) < 4.78 is 0. The second kappa shape index (κ2) is 6.47. The molecule has 0 aliphatic carbocycles. The predicted molar refractivity (Wildman–Crippen MR) is 78.6 cm³/mol. The van der Waals surface area contributed by atoms with Gasteiger partial charge in [0.15, 0.2) is 0 Å². The summed E-state index contributed by atoms with van der Waals surface area (Å²) in [6.45, 7) is 7.80. The molecule has 8 nitrogen and oxygen atoms in total. The Morgan fingerprint density at radius 1 is 1.40 bits per heavy atom. The van der Waals surface area contributed by atoms with E-state index in [4.69, 9.17) is 5.84 Å². The summed E-state index contributed by atoms with van der Waals surface area (Å²) in [6, 6.07) is 0.119. The number of hydrogen-bond donors (Lipinski definition) is 2. The highest BCUT2D eigenvalue weighted by atomic mass is 16.6. The van der Waals surface area contributed by atoms with Crippen molar-refractivity contribution in [1.82, 2.24) is 9.97 Å². The zero-order valence-corrected chi connectivity index (χ0v) is 12.5. The molecule has 20 heavy (non-hydrogen) atoms. The van der Waals surface area contributed by atoms with E-state index in [2.05, 4.69) is 29.2 Å². The summed E-state index contributed by atoms with van der Waals surface area (Å²) in [5, 5.41) is 11.2. The second-order valence-corrected chi connectivity index (χ2v) is 5.30. The van der Waals surface area contributed by atoms with Crippen LogP contribution in [-0.2, 0) is 0 Å². The van der Waals surface area contributed by atoms with Crippen LogP contribution in [0.2, 0.25) is 0 Å². The van der Waals surface area contributed by atoms with Crippen LogP contribution in [0.5, 0.6) is 0 Å². The molecule has 0 fully saturated rings. The molecule has 1 aromatic rings. The van der Waals surface area contributed by atoms with Crippen LogP contribution in [-0.4, -0.2) is 28.0 Å². The number of anilines is 2. The lowest BCUT2D eigenvalue weighted by atomic mass is 10.0. The fourth-order valence-electron chi connectivity index (χ4n) is 2.13. The van der Waals surface area contributed by atoms with Gasteiger partial charge < -0.3 is 4.90 Å². The molecule has 0 aliphatic rings. The average Bonchev–Trinajstić information content (AvgIpc) is 2.35. The maximum Gasteiger partial charge on any atom is 0.332 e. The van der Waals surface area contributed by atoms with Gasteiger partial charge in [-0.05, 0) is 26.2 Å². The monoisotopic (exact) mass is 282 g/mol. The van der Waals surface area contributed by atoms with E-state index < -0.39 is 4.92 Å². The normalized spacial score (nSPS) is 12.3. The third kappa shape index (κ3) is 3.53. The molecule has 1 unspecified atom stereocenters. The van der Waals surface area contributed by atoms with Crippen molar-refractivity contribution in [3.63, 3.8) is 0 Å². The lowest BCUT2D eigenvalue weighted by Gasteiger charge is -2.27. The summed E-state index contributed by atoms with van der Waals surface area (Å²) >= 11 is 0. The van der Waals surface area contributed by atoms with E-state index in [1.807, 2.05) is 6.92 Å². The topological polar surface area (TPSA) is 110 Å². The largest absolute Gasteiger partial charge is 0.351 e. The highest BCUT2D eigenvalue weighted by Gasteiger charge is 2.27. The highest BCUT2D eigenvalue weighted by Crippen LogP contribution is 2.30. The van der Waals surface area contributed by atoms with Crippen molar-refractivity contribution < 1.29 is 4.92 Å². The first-order chi connectivity index (χ1) is 9.27. The Balaban J connectivity index is 3.26. The van der Waals surface area contributed by atoms with Gasteiger partial charge in [-0.3, -0.25) is 15.5 Å². The Kier molecular flexibility index (Phi) is 5.20. The molecule has 1 aromatic heterocycles. The molecular formula is C12H22N6O2. The molecule has 8 heteroatoms. The van der Waals surface area contributed by atoms with Gasteiger partial charge in [0, 0.05) is 13.1 Å². The first-order valence-electron chi connectivity index (χ1n) is 6.50. The summed E-state index contributed by atoms with van der Waals surface area (Å²) in [5.41, 5.74) is 2.54. The zero-order chi connectivity index (χ0) is 15.4. The number of aromatic nitrogens is 2. The van der Waals surface area contributed by atoms with Crippen LogP contribution in [0.15, 0.2) is 0 Å². The Morgan fingerprint density at radius 2 is 2.00 bits per heavy atom. The van der Waals surface area contributed by atoms with E-state index in [-0.39, 0.29) is 29.2 Å². The fraction of sp³-hybridized carbons (Fsp3) is 0.667. The van der Waals surface area contributed by atoms with E-state index >= 15 is 0 Å². The molecule has 1 rings (SSSR count). The minimum absolute atomic E-state index is 0.0814. The third-order valence-electron chi connectivity index (χ3n) is 3.16. The summed E-state index contributed by atoms with van der Waals surface area (Å²) in [7, 11) is 1.79. The smallest absolute Gasteiger partial charge is 0.332 e. The molecule has 0 aromatic carbocycles. The summed E-state index contributed by atoms with van der Waals surface area (Å²) in [5.74, 6) is 6.25. The summed E-state index contributed by atoms with van der Waals surface area (Å²) in [6.07, 6.45) is 0.905. The molecule has 0 saturated heterocycles. The molecule has 3 N–H and O–H groups in total. The number of nitrogens with zero attached hydrogens (tertiary/aromatic N) is 4. The lowest BCUT2D eigenvalue weighted by Crippen LogP contribution is -2.32. The van der Waals surface area contributed by atoms with Gasteiger partial charge in [-0.25, -0.2) is 10.8 Å². The molecule has 0 spiro atoms. The van der Waals surface area contributed by atoms with Gasteiger partial charge in [-0.1, -0.05) is 13.8 Å². The van der Waals surface area contributed by atoms with Crippen molar-refractivity contribution in [3.8, 4) is 0 Å². The molecule has 0 radical (unpaired) electrons. The number of nitrogen functional groups attached to an aromatic ring is 1. The van der Waals surface area contributed by atoms with E-state index in [0.29, 0.717) is 5.92 Å². The van der Waals surface area contributed by atoms with Crippen molar-refractivity contribution in [1.29, 1.82) is 0 Å². The van der Waals surface area contributed by atoms with Crippen LogP contribution < -0.4 is 16.2 Å². The van der Waals surface area contributed by atoms with Crippen LogP contribution in [0.3, 0.4) is 0 Å². The molecule has 112 valence electrons. The van der Waals surface area contributed by atoms with Gasteiger partial charge in [0.1, 0.15) is 5.69 Å². The predicted octanol–water partition coefficient (Wildman–Crippen LogP) is 1.85. The average molecular weight is 282 g/mol. The van der Waals surface area contributed by atoms with Gasteiger partial charge in [0.2, 0.25) is 11.8 Å². The number of nitrogens with one attached hydrogen (secondary N) is 1. The SMILES string of the molecule is Cc1nc(NN)nc(N(C)C(C)CC(C)C)c1[N+](=O)[O-]. The van der Waals surface area contributed by atoms with Gasteiger partial charge in [0.05, 0.1) is 4.92 Å². The molecule has 1 atom stereocenters. The van der Waals surface area contributed by atoms with Gasteiger partial charge in [-0.15, -0.1) is 0 Å². The number of hydrazine groups is 1. The van der Waals surface area contributed by atoms with E-state index in [0.717, 1.165) is 6.42 Å². The minimum Gasteiger partial charge on any atom is -0.351 e. The first-order valence-corrected chi connectivity index (χ1v) is 6.50. The standard InChI is InChI=1S/C12H22N6O2/c1-7(2)6-8(3)17(5)11-10(18(19)20)9(4)14-12(15-11)16-13/h7-8H,6,13H2,1-5H3,(H,14,15,16). The Morgan fingerprint density at radius 3 is 2.45 bits per heavy atom. The van der Waals surface area contributed by atoms with E-state index in [1.54, 1.807) is 18.9 Å². The Hall–Kier alpha value is -1.96. The van der Waals surface area contributed by atoms with Crippen LogP contribution in [0.25, 0.3) is 0 Å². The fourth-order valence-corrected chi connectivity index (χ4v) is 2.13.